The number of carbonyl (C=O) groups is 1. The third kappa shape index (κ3) is 3.54. The normalized spacial score (nSPS) is 24.1. The van der Waals surface area contributed by atoms with E-state index in [4.69, 9.17) is 15.9 Å². The molecule has 2 fully saturated rings. The molecule has 0 aliphatic heterocycles. The van der Waals surface area contributed by atoms with E-state index in [2.05, 4.69) is 22.2 Å². The van der Waals surface area contributed by atoms with Crippen molar-refractivity contribution in [3.63, 3.8) is 0 Å². The van der Waals surface area contributed by atoms with Crippen LogP contribution < -0.4 is 16.8 Å². The number of fused-ring (bicyclic) bond motifs is 1. The molecular formula is C23H27N5O2. The van der Waals surface area contributed by atoms with Gasteiger partial charge in [-0.1, -0.05) is 6.92 Å². The molecule has 3 aromatic heterocycles. The Morgan fingerprint density at radius 3 is 2.80 bits per heavy atom. The number of amides is 1. The van der Waals surface area contributed by atoms with Gasteiger partial charge in [0.1, 0.15) is 11.1 Å². The van der Waals surface area contributed by atoms with Crippen LogP contribution in [0.25, 0.3) is 11.1 Å². The molecule has 3 heterocycles. The number of hydrogen-bond donors (Lipinski definition) is 3. The largest absolute Gasteiger partial charge is 0.438 e. The van der Waals surface area contributed by atoms with Crippen LogP contribution in [0, 0.1) is 5.92 Å². The number of nitrogens with one attached hydrogen (secondary N) is 1. The van der Waals surface area contributed by atoms with Crippen LogP contribution in [-0.2, 0) is 0 Å². The number of rotatable bonds is 4. The van der Waals surface area contributed by atoms with Crippen LogP contribution in [0.4, 0.5) is 11.6 Å². The summed E-state index contributed by atoms with van der Waals surface area (Å²) in [4.78, 5) is 21.9. The summed E-state index contributed by atoms with van der Waals surface area (Å²) in [6, 6.07) is 4.10. The molecule has 0 aromatic carbocycles. The Balaban J connectivity index is 1.44. The molecule has 2 saturated carbocycles. The average molecular weight is 406 g/mol. The van der Waals surface area contributed by atoms with Gasteiger partial charge in [-0.15, -0.1) is 0 Å². The maximum atomic E-state index is 13.2. The number of nitrogen functional groups attached to an aromatic ring is 1. The highest BCUT2D eigenvalue weighted by atomic mass is 16.3. The topological polar surface area (TPSA) is 120 Å². The van der Waals surface area contributed by atoms with Gasteiger partial charge in [0.15, 0.2) is 5.58 Å². The molecule has 7 nitrogen and oxygen atoms in total. The van der Waals surface area contributed by atoms with Crippen LogP contribution in [0.3, 0.4) is 0 Å². The number of hydrogen-bond acceptors (Lipinski definition) is 6. The lowest BCUT2D eigenvalue weighted by atomic mass is 9.76. The Morgan fingerprint density at radius 2 is 2.03 bits per heavy atom. The smallest absolute Gasteiger partial charge is 0.263 e. The first-order valence-corrected chi connectivity index (χ1v) is 10.7. The van der Waals surface area contributed by atoms with Gasteiger partial charge in [0.2, 0.25) is 5.88 Å². The Hall–Kier alpha value is -2.93. The zero-order valence-corrected chi connectivity index (χ0v) is 17.1. The molecule has 1 unspecified atom stereocenters. The Labute approximate surface area is 175 Å². The third-order valence-corrected chi connectivity index (χ3v) is 6.37. The SMILES string of the molecule is C[C@H]1CC(c2ccncc2NC(=O)c2c(N)oc3cc(C4CC4)cnc23)C[C@@H](N)C1. The minimum absolute atomic E-state index is 0.0849. The molecule has 3 aromatic rings. The fraction of sp³-hybridized carbons (Fsp3) is 0.435. The fourth-order valence-electron chi connectivity index (χ4n) is 4.83. The summed E-state index contributed by atoms with van der Waals surface area (Å²) in [6.07, 6.45) is 10.6. The number of pyridine rings is 2. The third-order valence-electron chi connectivity index (χ3n) is 6.37. The maximum absolute atomic E-state index is 13.2. The molecule has 2 aliphatic carbocycles. The Bertz CT molecular complexity index is 1090. The second-order valence-corrected chi connectivity index (χ2v) is 8.92. The summed E-state index contributed by atoms with van der Waals surface area (Å²) < 4.78 is 5.67. The highest BCUT2D eigenvalue weighted by molar-refractivity contribution is 6.14. The maximum Gasteiger partial charge on any atom is 0.263 e. The predicted octanol–water partition coefficient (Wildman–Crippen LogP) is 4.17. The molecule has 2 aliphatic rings. The molecule has 0 radical (unpaired) electrons. The molecule has 30 heavy (non-hydrogen) atoms. The van der Waals surface area contributed by atoms with Crippen LogP contribution in [0.1, 0.15) is 72.3 Å². The molecule has 0 saturated heterocycles. The number of carbonyl (C=O) groups excluding carboxylic acids is 1. The Kier molecular flexibility index (Phi) is 4.70. The molecule has 7 heteroatoms. The van der Waals surface area contributed by atoms with Gasteiger partial charge in [0.05, 0.1) is 11.9 Å². The van der Waals surface area contributed by atoms with Crippen molar-refractivity contribution in [2.45, 2.75) is 56.9 Å². The standard InChI is InChI=1S/C23H27N5O2/c1-12-6-14(8-16(24)7-12)17-4-5-26-11-18(17)28-23(29)20-21-19(30-22(20)25)9-15(10-27-21)13-2-3-13/h4-5,9-14,16H,2-3,6-8,24-25H2,1H3,(H,28,29)/t12-,14?,16-/m0/s1. The van der Waals surface area contributed by atoms with Crippen molar-refractivity contribution in [3.05, 3.63) is 47.4 Å². The van der Waals surface area contributed by atoms with E-state index in [1.54, 1.807) is 12.4 Å². The number of aromatic nitrogens is 2. The predicted molar refractivity (Wildman–Crippen MR) is 116 cm³/mol. The van der Waals surface area contributed by atoms with Crippen LogP contribution in [0.5, 0.6) is 0 Å². The summed E-state index contributed by atoms with van der Waals surface area (Å²) in [5.74, 6) is 1.14. The van der Waals surface area contributed by atoms with Gasteiger partial charge in [-0.05, 0) is 73.1 Å². The molecule has 156 valence electrons. The van der Waals surface area contributed by atoms with Gasteiger partial charge in [-0.25, -0.2) is 0 Å². The zero-order valence-electron chi connectivity index (χ0n) is 17.1. The quantitative estimate of drug-likeness (QED) is 0.599. The van der Waals surface area contributed by atoms with Crippen molar-refractivity contribution in [2.75, 3.05) is 11.1 Å². The summed E-state index contributed by atoms with van der Waals surface area (Å²) in [7, 11) is 0. The van der Waals surface area contributed by atoms with Crippen LogP contribution >= 0.6 is 0 Å². The molecule has 1 amide bonds. The van der Waals surface area contributed by atoms with E-state index in [1.807, 2.05) is 18.3 Å². The van der Waals surface area contributed by atoms with Crippen molar-refractivity contribution in [2.24, 2.45) is 11.7 Å². The number of furan rings is 1. The van der Waals surface area contributed by atoms with E-state index in [0.29, 0.717) is 34.5 Å². The highest BCUT2D eigenvalue weighted by Gasteiger charge is 2.29. The second-order valence-electron chi connectivity index (χ2n) is 8.92. The van der Waals surface area contributed by atoms with Crippen molar-refractivity contribution in [3.8, 4) is 0 Å². The average Bonchev–Trinajstić information content (AvgIpc) is 3.49. The summed E-state index contributed by atoms with van der Waals surface area (Å²) in [5.41, 5.74) is 16.5. The zero-order chi connectivity index (χ0) is 20.8. The van der Waals surface area contributed by atoms with Gasteiger partial charge < -0.3 is 21.2 Å². The summed E-state index contributed by atoms with van der Waals surface area (Å²) >= 11 is 0. The van der Waals surface area contributed by atoms with Gasteiger partial charge in [-0.2, -0.15) is 0 Å². The fourth-order valence-corrected chi connectivity index (χ4v) is 4.83. The first-order valence-electron chi connectivity index (χ1n) is 10.7. The Morgan fingerprint density at radius 1 is 1.20 bits per heavy atom. The first kappa shape index (κ1) is 19.1. The van der Waals surface area contributed by atoms with E-state index in [1.165, 1.54) is 12.8 Å². The van der Waals surface area contributed by atoms with Gasteiger partial charge in [-0.3, -0.25) is 14.8 Å². The number of nitrogens with zero attached hydrogens (tertiary/aromatic N) is 2. The van der Waals surface area contributed by atoms with Crippen LogP contribution in [0.2, 0.25) is 0 Å². The molecule has 5 N–H and O–H groups in total. The molecule has 0 spiro atoms. The van der Waals surface area contributed by atoms with Crippen molar-refractivity contribution in [1.82, 2.24) is 9.97 Å². The van der Waals surface area contributed by atoms with E-state index < -0.39 is 0 Å². The molecule has 3 atom stereocenters. The van der Waals surface area contributed by atoms with Gasteiger partial charge in [0, 0.05) is 18.4 Å². The van der Waals surface area contributed by atoms with E-state index in [0.717, 1.165) is 30.4 Å². The molecule has 0 bridgehead atoms. The highest BCUT2D eigenvalue weighted by Crippen LogP contribution is 2.42. The minimum Gasteiger partial charge on any atom is -0.438 e. The van der Waals surface area contributed by atoms with E-state index in [9.17, 15) is 4.79 Å². The van der Waals surface area contributed by atoms with Gasteiger partial charge in [0.25, 0.3) is 5.91 Å². The van der Waals surface area contributed by atoms with Crippen molar-refractivity contribution >= 4 is 28.6 Å². The lowest BCUT2D eigenvalue weighted by molar-refractivity contribution is 0.102. The lowest BCUT2D eigenvalue weighted by Gasteiger charge is -2.32. The monoisotopic (exact) mass is 405 g/mol. The molecule has 5 rings (SSSR count). The first-order chi connectivity index (χ1) is 14.5. The van der Waals surface area contributed by atoms with Crippen LogP contribution in [0.15, 0.2) is 35.1 Å². The van der Waals surface area contributed by atoms with Crippen molar-refractivity contribution < 1.29 is 9.21 Å². The lowest BCUT2D eigenvalue weighted by Crippen LogP contribution is -2.31. The minimum atomic E-state index is -0.333. The summed E-state index contributed by atoms with van der Waals surface area (Å²) in [6.45, 7) is 2.23. The van der Waals surface area contributed by atoms with Crippen LogP contribution in [-0.4, -0.2) is 21.9 Å². The van der Waals surface area contributed by atoms with E-state index >= 15 is 0 Å². The number of anilines is 2. The van der Waals surface area contributed by atoms with E-state index in [-0.39, 0.29) is 23.4 Å². The summed E-state index contributed by atoms with van der Waals surface area (Å²) in [5, 5.41) is 3.00. The van der Waals surface area contributed by atoms with Crippen molar-refractivity contribution in [1.29, 1.82) is 0 Å². The van der Waals surface area contributed by atoms with Gasteiger partial charge >= 0.3 is 0 Å². The number of nitrogens with two attached hydrogens (primary N) is 2. The molecular weight excluding hydrogens is 378 g/mol. The second kappa shape index (κ2) is 7.40.